The molecule has 20 heavy (non-hydrogen) atoms. The van der Waals surface area contributed by atoms with Gasteiger partial charge in [0.25, 0.3) is 0 Å². The average Bonchev–Trinajstić information content (AvgIpc) is 2.43. The van der Waals surface area contributed by atoms with Crippen molar-refractivity contribution in [3.8, 4) is 0 Å². The molecule has 0 aliphatic carbocycles. The van der Waals surface area contributed by atoms with E-state index in [0.717, 1.165) is 58.4 Å². The largest absolute Gasteiger partial charge is 0.317 e. The van der Waals surface area contributed by atoms with E-state index < -0.39 is 10.0 Å². The van der Waals surface area contributed by atoms with Crippen LogP contribution in [-0.4, -0.2) is 58.3 Å². The van der Waals surface area contributed by atoms with Gasteiger partial charge in [0.05, 0.1) is 5.75 Å². The minimum Gasteiger partial charge on any atom is -0.317 e. The molecule has 5 nitrogen and oxygen atoms in total. The SMILES string of the molecule is CCCNCCCCS(=O)(=O)NCCCN(CC)CC. The van der Waals surface area contributed by atoms with E-state index in [2.05, 4.69) is 35.7 Å². The first kappa shape index (κ1) is 19.8. The molecule has 0 saturated heterocycles. The Kier molecular flexibility index (Phi) is 12.5. The summed E-state index contributed by atoms with van der Waals surface area (Å²) in [4.78, 5) is 2.30. The Bertz CT molecular complexity index is 304. The molecule has 0 saturated carbocycles. The Balaban J connectivity index is 3.59. The monoisotopic (exact) mass is 307 g/mol. The Labute approximate surface area is 125 Å². The third-order valence-corrected chi connectivity index (χ3v) is 4.78. The molecule has 122 valence electrons. The summed E-state index contributed by atoms with van der Waals surface area (Å²) in [6.07, 6.45) is 3.63. The number of unbranched alkanes of at least 4 members (excludes halogenated alkanes) is 1. The van der Waals surface area contributed by atoms with E-state index >= 15 is 0 Å². The minimum atomic E-state index is -3.08. The van der Waals surface area contributed by atoms with Gasteiger partial charge in [-0.2, -0.15) is 0 Å². The van der Waals surface area contributed by atoms with Gasteiger partial charge in [-0.1, -0.05) is 20.8 Å². The summed E-state index contributed by atoms with van der Waals surface area (Å²) in [6, 6.07) is 0. The van der Waals surface area contributed by atoms with Crippen molar-refractivity contribution in [1.29, 1.82) is 0 Å². The molecule has 0 rings (SSSR count). The van der Waals surface area contributed by atoms with Gasteiger partial charge in [-0.15, -0.1) is 0 Å². The van der Waals surface area contributed by atoms with Crippen molar-refractivity contribution < 1.29 is 8.42 Å². The fraction of sp³-hybridized carbons (Fsp3) is 1.00. The highest BCUT2D eigenvalue weighted by Gasteiger charge is 2.09. The smallest absolute Gasteiger partial charge is 0.211 e. The van der Waals surface area contributed by atoms with Crippen LogP contribution in [0.3, 0.4) is 0 Å². The standard InChI is InChI=1S/C14H33N3O2S/c1-4-10-15-11-7-8-14-20(18,19)16-12-9-13-17(5-2)6-3/h15-16H,4-14H2,1-3H3. The van der Waals surface area contributed by atoms with Gasteiger partial charge in [-0.25, -0.2) is 13.1 Å². The molecule has 0 spiro atoms. The lowest BCUT2D eigenvalue weighted by atomic mass is 10.3. The number of rotatable bonds is 14. The highest BCUT2D eigenvalue weighted by atomic mass is 32.2. The summed E-state index contributed by atoms with van der Waals surface area (Å²) < 4.78 is 26.2. The predicted molar refractivity (Wildman–Crippen MR) is 86.6 cm³/mol. The molecule has 0 radical (unpaired) electrons. The lowest BCUT2D eigenvalue weighted by Crippen LogP contribution is -2.31. The first-order valence-corrected chi connectivity index (χ1v) is 9.61. The molecule has 6 heteroatoms. The summed E-state index contributed by atoms with van der Waals surface area (Å²) in [6.45, 7) is 11.8. The van der Waals surface area contributed by atoms with Crippen LogP contribution in [0.2, 0.25) is 0 Å². The molecule has 0 bridgehead atoms. The fourth-order valence-corrected chi connectivity index (χ4v) is 3.17. The van der Waals surface area contributed by atoms with Crippen molar-refractivity contribution in [3.63, 3.8) is 0 Å². The lowest BCUT2D eigenvalue weighted by molar-refractivity contribution is 0.300. The second-order valence-corrected chi connectivity index (χ2v) is 6.98. The van der Waals surface area contributed by atoms with Crippen molar-refractivity contribution in [2.45, 2.75) is 46.5 Å². The molecular weight excluding hydrogens is 274 g/mol. The minimum absolute atomic E-state index is 0.242. The van der Waals surface area contributed by atoms with E-state index in [1.54, 1.807) is 0 Å². The number of sulfonamides is 1. The van der Waals surface area contributed by atoms with Gasteiger partial charge in [0.15, 0.2) is 0 Å². The number of nitrogens with one attached hydrogen (secondary N) is 2. The zero-order valence-corrected chi connectivity index (χ0v) is 14.3. The maximum absolute atomic E-state index is 11.8. The average molecular weight is 308 g/mol. The van der Waals surface area contributed by atoms with Crippen molar-refractivity contribution in [3.05, 3.63) is 0 Å². The molecular formula is C14H33N3O2S. The lowest BCUT2D eigenvalue weighted by Gasteiger charge is -2.17. The van der Waals surface area contributed by atoms with Crippen molar-refractivity contribution in [2.75, 3.05) is 45.0 Å². The second kappa shape index (κ2) is 12.6. The van der Waals surface area contributed by atoms with Crippen LogP contribution in [0.1, 0.15) is 46.5 Å². The van der Waals surface area contributed by atoms with Gasteiger partial charge in [-0.3, -0.25) is 0 Å². The molecule has 0 aromatic carbocycles. The first-order valence-electron chi connectivity index (χ1n) is 7.96. The molecule has 0 aromatic rings. The van der Waals surface area contributed by atoms with E-state index in [9.17, 15) is 8.42 Å². The van der Waals surface area contributed by atoms with Gasteiger partial charge in [0.2, 0.25) is 10.0 Å². The highest BCUT2D eigenvalue weighted by molar-refractivity contribution is 7.89. The predicted octanol–water partition coefficient (Wildman–Crippen LogP) is 1.42. The molecule has 0 aliphatic heterocycles. The first-order chi connectivity index (χ1) is 9.55. The summed E-state index contributed by atoms with van der Waals surface area (Å²) in [5, 5.41) is 3.28. The maximum Gasteiger partial charge on any atom is 0.211 e. The summed E-state index contributed by atoms with van der Waals surface area (Å²) in [7, 11) is -3.08. The molecule has 0 aliphatic rings. The number of nitrogens with zero attached hydrogens (tertiary/aromatic N) is 1. The third-order valence-electron chi connectivity index (χ3n) is 3.31. The Morgan fingerprint density at radius 3 is 2.20 bits per heavy atom. The van der Waals surface area contributed by atoms with Gasteiger partial charge in [0.1, 0.15) is 0 Å². The van der Waals surface area contributed by atoms with E-state index in [-0.39, 0.29) is 5.75 Å². The Hall–Kier alpha value is -0.170. The van der Waals surface area contributed by atoms with Crippen molar-refractivity contribution in [2.24, 2.45) is 0 Å². The molecule has 2 N–H and O–H groups in total. The van der Waals surface area contributed by atoms with Gasteiger partial charge in [0, 0.05) is 6.54 Å². The van der Waals surface area contributed by atoms with Crippen LogP contribution in [0.5, 0.6) is 0 Å². The number of hydrogen-bond acceptors (Lipinski definition) is 4. The van der Waals surface area contributed by atoms with E-state index in [4.69, 9.17) is 0 Å². The molecule has 0 amide bonds. The molecule has 0 heterocycles. The van der Waals surface area contributed by atoms with Crippen molar-refractivity contribution in [1.82, 2.24) is 14.9 Å². The Morgan fingerprint density at radius 1 is 0.900 bits per heavy atom. The van der Waals surface area contributed by atoms with E-state index in [1.165, 1.54) is 0 Å². The zero-order chi connectivity index (χ0) is 15.3. The van der Waals surface area contributed by atoms with Crippen LogP contribution >= 0.6 is 0 Å². The summed E-state index contributed by atoms with van der Waals surface area (Å²) in [5.41, 5.74) is 0. The zero-order valence-electron chi connectivity index (χ0n) is 13.5. The van der Waals surface area contributed by atoms with Gasteiger partial charge in [-0.05, 0) is 58.4 Å². The molecule has 0 unspecified atom stereocenters. The third kappa shape index (κ3) is 11.6. The molecule has 0 atom stereocenters. The van der Waals surface area contributed by atoms with Crippen LogP contribution in [0, 0.1) is 0 Å². The topological polar surface area (TPSA) is 61.4 Å². The van der Waals surface area contributed by atoms with E-state index in [1.807, 2.05) is 0 Å². The maximum atomic E-state index is 11.8. The molecule has 0 aromatic heterocycles. The summed E-state index contributed by atoms with van der Waals surface area (Å²) in [5.74, 6) is 0.242. The highest BCUT2D eigenvalue weighted by Crippen LogP contribution is 1.95. The van der Waals surface area contributed by atoms with Crippen molar-refractivity contribution >= 4 is 10.0 Å². The van der Waals surface area contributed by atoms with Gasteiger partial charge >= 0.3 is 0 Å². The van der Waals surface area contributed by atoms with E-state index in [0.29, 0.717) is 6.54 Å². The second-order valence-electron chi connectivity index (χ2n) is 5.05. The van der Waals surface area contributed by atoms with Crippen LogP contribution < -0.4 is 10.0 Å². The van der Waals surface area contributed by atoms with Gasteiger partial charge < -0.3 is 10.2 Å². The quantitative estimate of drug-likeness (QED) is 0.477. The number of hydrogen-bond donors (Lipinski definition) is 2. The summed E-state index contributed by atoms with van der Waals surface area (Å²) >= 11 is 0. The molecule has 0 fully saturated rings. The van der Waals surface area contributed by atoms with Crippen LogP contribution in [-0.2, 0) is 10.0 Å². The fourth-order valence-electron chi connectivity index (χ4n) is 1.99. The Morgan fingerprint density at radius 2 is 1.60 bits per heavy atom. The van der Waals surface area contributed by atoms with Crippen LogP contribution in [0.25, 0.3) is 0 Å². The normalized spacial score (nSPS) is 12.2. The van der Waals surface area contributed by atoms with Crippen LogP contribution in [0.15, 0.2) is 0 Å². The van der Waals surface area contributed by atoms with Crippen LogP contribution in [0.4, 0.5) is 0 Å².